The first-order valence-corrected chi connectivity index (χ1v) is 10.1. The Bertz CT molecular complexity index is 727. The predicted octanol–water partition coefficient (Wildman–Crippen LogP) is 7.29. The lowest BCUT2D eigenvalue weighted by atomic mass is 9.86. The second-order valence-corrected chi connectivity index (χ2v) is 10.5. The Morgan fingerprint density at radius 3 is 1.44 bits per heavy atom. The molecule has 0 N–H and O–H groups in total. The first-order chi connectivity index (χ1) is 11.5. The number of nitrogens with zero attached hydrogens (tertiary/aromatic N) is 1. The van der Waals surface area contributed by atoms with Gasteiger partial charge in [0.15, 0.2) is 0 Å². The zero-order valence-corrected chi connectivity index (χ0v) is 17.7. The number of hydrogen-bond acceptors (Lipinski definition) is 2. The quantitative estimate of drug-likeness (QED) is 0.529. The van der Waals surface area contributed by atoms with Crippen LogP contribution in [0, 0.1) is 0 Å². The predicted molar refractivity (Wildman–Crippen MR) is 112 cm³/mol. The van der Waals surface area contributed by atoms with Crippen LogP contribution in [0.25, 0.3) is 0 Å². The molecule has 0 fully saturated rings. The molecule has 0 unspecified atom stereocenters. The van der Waals surface area contributed by atoms with Crippen LogP contribution in [0.3, 0.4) is 0 Å². The normalized spacial score (nSPS) is 14.5. The summed E-state index contributed by atoms with van der Waals surface area (Å²) >= 11 is 1.92. The lowest BCUT2D eigenvalue weighted by Crippen LogP contribution is -2.28. The highest BCUT2D eigenvalue weighted by molar-refractivity contribution is 7.99. The van der Waals surface area contributed by atoms with Crippen LogP contribution in [0.4, 0.5) is 11.4 Å². The van der Waals surface area contributed by atoms with Crippen molar-refractivity contribution in [1.29, 1.82) is 0 Å². The topological polar surface area (TPSA) is 3.24 Å². The van der Waals surface area contributed by atoms with Crippen LogP contribution in [0.1, 0.15) is 66.5 Å². The third-order valence-corrected chi connectivity index (χ3v) is 6.00. The highest BCUT2D eigenvalue weighted by atomic mass is 32.2. The summed E-state index contributed by atoms with van der Waals surface area (Å²) in [5.74, 6) is 0. The monoisotopic (exact) mass is 353 g/mol. The molecule has 2 aromatic carbocycles. The Labute approximate surface area is 157 Å². The minimum atomic E-state index is 0.172. The molecule has 1 nitrogen and oxygen atoms in total. The van der Waals surface area contributed by atoms with Crippen LogP contribution in [0.15, 0.2) is 46.2 Å². The molecule has 3 rings (SSSR count). The summed E-state index contributed by atoms with van der Waals surface area (Å²) in [6.07, 6.45) is 0. The maximum absolute atomic E-state index is 2.49. The first-order valence-electron chi connectivity index (χ1n) is 9.24. The van der Waals surface area contributed by atoms with Gasteiger partial charge in [-0.2, -0.15) is 0 Å². The molecule has 0 saturated heterocycles. The standard InChI is InChI=1S/C23H31NS/c1-15(2)24-18-11-9-16(22(3,4)5)13-20(18)25-21-14-17(23(6,7)8)10-12-19(21)24/h9-15H,1-8H3. The number of benzene rings is 2. The summed E-state index contributed by atoms with van der Waals surface area (Å²) in [6, 6.07) is 14.4. The molecule has 0 saturated carbocycles. The summed E-state index contributed by atoms with van der Waals surface area (Å²) in [4.78, 5) is 5.24. The molecule has 0 spiro atoms. The second kappa shape index (κ2) is 6.09. The van der Waals surface area contributed by atoms with E-state index in [4.69, 9.17) is 0 Å². The van der Waals surface area contributed by atoms with E-state index in [2.05, 4.69) is 96.7 Å². The Balaban J connectivity index is 2.15. The Kier molecular flexibility index (Phi) is 4.48. The zero-order valence-electron chi connectivity index (χ0n) is 16.9. The van der Waals surface area contributed by atoms with Crippen molar-refractivity contribution in [3.8, 4) is 0 Å². The molecule has 0 amide bonds. The average Bonchev–Trinajstić information content (AvgIpc) is 2.49. The van der Waals surface area contributed by atoms with E-state index in [0.29, 0.717) is 6.04 Å². The molecule has 2 heteroatoms. The zero-order chi connectivity index (χ0) is 18.6. The van der Waals surface area contributed by atoms with E-state index in [9.17, 15) is 0 Å². The SMILES string of the molecule is CC(C)N1c2ccc(C(C)(C)C)cc2Sc2cc(C(C)(C)C)ccc21. The van der Waals surface area contributed by atoms with Crippen LogP contribution >= 0.6 is 11.8 Å². The first kappa shape index (κ1) is 18.4. The van der Waals surface area contributed by atoms with Crippen LogP contribution in [0.2, 0.25) is 0 Å². The van der Waals surface area contributed by atoms with Gasteiger partial charge in [-0.05, 0) is 60.1 Å². The van der Waals surface area contributed by atoms with Crippen molar-refractivity contribution in [1.82, 2.24) is 0 Å². The molecule has 1 heterocycles. The van der Waals surface area contributed by atoms with E-state index >= 15 is 0 Å². The van der Waals surface area contributed by atoms with Crippen LogP contribution in [0.5, 0.6) is 0 Å². The number of anilines is 2. The van der Waals surface area contributed by atoms with Gasteiger partial charge in [0.2, 0.25) is 0 Å². The van der Waals surface area contributed by atoms with Gasteiger partial charge >= 0.3 is 0 Å². The van der Waals surface area contributed by atoms with E-state index in [1.807, 2.05) is 11.8 Å². The molecule has 134 valence electrons. The van der Waals surface area contributed by atoms with E-state index in [1.165, 1.54) is 32.3 Å². The molecule has 1 aliphatic rings. The molecular weight excluding hydrogens is 322 g/mol. The van der Waals surface area contributed by atoms with Gasteiger partial charge in [0.1, 0.15) is 0 Å². The van der Waals surface area contributed by atoms with E-state index in [0.717, 1.165) is 0 Å². The summed E-state index contributed by atoms with van der Waals surface area (Å²) in [5.41, 5.74) is 5.82. The van der Waals surface area contributed by atoms with Gasteiger partial charge in [0.05, 0.1) is 11.4 Å². The lowest BCUT2D eigenvalue weighted by molar-refractivity contribution is 0.587. The van der Waals surface area contributed by atoms with Gasteiger partial charge < -0.3 is 4.90 Å². The Hall–Kier alpha value is -1.41. The van der Waals surface area contributed by atoms with Gasteiger partial charge in [0, 0.05) is 15.8 Å². The highest BCUT2D eigenvalue weighted by Crippen LogP contribution is 2.50. The van der Waals surface area contributed by atoms with E-state index in [1.54, 1.807) is 0 Å². The number of hydrogen-bond donors (Lipinski definition) is 0. The fourth-order valence-electron chi connectivity index (χ4n) is 3.33. The Morgan fingerprint density at radius 1 is 0.720 bits per heavy atom. The average molecular weight is 354 g/mol. The molecule has 0 aromatic heterocycles. The fraction of sp³-hybridized carbons (Fsp3) is 0.478. The minimum Gasteiger partial charge on any atom is -0.337 e. The third-order valence-electron chi connectivity index (χ3n) is 4.91. The smallest absolute Gasteiger partial charge is 0.0555 e. The van der Waals surface area contributed by atoms with Crippen molar-refractivity contribution in [3.63, 3.8) is 0 Å². The van der Waals surface area contributed by atoms with Gasteiger partial charge in [-0.15, -0.1) is 0 Å². The second-order valence-electron chi connectivity index (χ2n) is 9.43. The molecule has 0 radical (unpaired) electrons. The molecule has 25 heavy (non-hydrogen) atoms. The maximum atomic E-state index is 2.49. The maximum Gasteiger partial charge on any atom is 0.0555 e. The number of rotatable bonds is 1. The van der Waals surface area contributed by atoms with Crippen molar-refractivity contribution in [2.45, 2.75) is 82.1 Å². The van der Waals surface area contributed by atoms with Gasteiger partial charge in [0.25, 0.3) is 0 Å². The lowest BCUT2D eigenvalue weighted by Gasteiger charge is -2.37. The van der Waals surface area contributed by atoms with E-state index in [-0.39, 0.29) is 10.8 Å². The van der Waals surface area contributed by atoms with Gasteiger partial charge in [-0.3, -0.25) is 0 Å². The van der Waals surface area contributed by atoms with Crippen LogP contribution < -0.4 is 4.90 Å². The summed E-state index contributed by atoms with van der Waals surface area (Å²) in [6.45, 7) is 18.3. The van der Waals surface area contributed by atoms with Crippen molar-refractivity contribution in [2.24, 2.45) is 0 Å². The Morgan fingerprint density at radius 2 is 1.12 bits per heavy atom. The fourth-order valence-corrected chi connectivity index (χ4v) is 4.48. The molecule has 2 aromatic rings. The third kappa shape index (κ3) is 3.46. The summed E-state index contributed by atoms with van der Waals surface area (Å²) in [5, 5.41) is 0. The highest BCUT2D eigenvalue weighted by Gasteiger charge is 2.28. The molecule has 1 aliphatic heterocycles. The van der Waals surface area contributed by atoms with E-state index < -0.39 is 0 Å². The molecular formula is C23H31NS. The van der Waals surface area contributed by atoms with Crippen molar-refractivity contribution in [3.05, 3.63) is 47.5 Å². The summed E-state index contributed by atoms with van der Waals surface area (Å²) < 4.78 is 0. The van der Waals surface area contributed by atoms with Gasteiger partial charge in [-0.25, -0.2) is 0 Å². The molecule has 0 bridgehead atoms. The van der Waals surface area contributed by atoms with Crippen molar-refractivity contribution < 1.29 is 0 Å². The minimum absolute atomic E-state index is 0.172. The summed E-state index contributed by atoms with van der Waals surface area (Å²) in [7, 11) is 0. The molecule has 0 aliphatic carbocycles. The van der Waals surface area contributed by atoms with Crippen molar-refractivity contribution in [2.75, 3.05) is 4.90 Å². The number of fused-ring (bicyclic) bond motifs is 2. The molecule has 0 atom stereocenters. The van der Waals surface area contributed by atoms with Crippen LogP contribution in [-0.2, 0) is 10.8 Å². The van der Waals surface area contributed by atoms with Gasteiger partial charge in [-0.1, -0.05) is 65.4 Å². The van der Waals surface area contributed by atoms with Crippen LogP contribution in [-0.4, -0.2) is 6.04 Å². The largest absolute Gasteiger partial charge is 0.337 e. The van der Waals surface area contributed by atoms with Crippen molar-refractivity contribution >= 4 is 23.1 Å².